The topological polar surface area (TPSA) is 55.4 Å². The molecule has 0 saturated heterocycles. The zero-order valence-corrected chi connectivity index (χ0v) is 15.6. The van der Waals surface area contributed by atoms with Crippen molar-refractivity contribution < 1.29 is 26.3 Å². The summed E-state index contributed by atoms with van der Waals surface area (Å²) in [6.45, 7) is 0. The van der Waals surface area contributed by atoms with Crippen molar-refractivity contribution in [1.29, 1.82) is 0 Å². The molecule has 0 amide bonds. The summed E-state index contributed by atoms with van der Waals surface area (Å²) in [7, 11) is -3.97. The second-order valence-corrected chi connectivity index (χ2v) is 8.07. The number of halogens is 3. The van der Waals surface area contributed by atoms with Gasteiger partial charge in [-0.3, -0.25) is 4.72 Å². The Morgan fingerprint density at radius 1 is 0.724 bits per heavy atom. The van der Waals surface area contributed by atoms with Crippen molar-refractivity contribution in [3.05, 3.63) is 78.9 Å². The van der Waals surface area contributed by atoms with Crippen molar-refractivity contribution in [1.82, 2.24) is 0 Å². The van der Waals surface area contributed by atoms with Gasteiger partial charge in [-0.05, 0) is 70.1 Å². The van der Waals surface area contributed by atoms with E-state index in [0.717, 1.165) is 45.8 Å². The molecule has 0 saturated carbocycles. The van der Waals surface area contributed by atoms with E-state index in [-0.39, 0.29) is 4.90 Å². The van der Waals surface area contributed by atoms with E-state index < -0.39 is 22.1 Å². The Balaban J connectivity index is 1.61. The summed E-state index contributed by atoms with van der Waals surface area (Å²) in [6, 6.07) is 21.0. The molecular weight excluding hydrogens is 403 g/mol. The highest BCUT2D eigenvalue weighted by molar-refractivity contribution is 7.92. The van der Waals surface area contributed by atoms with Gasteiger partial charge in [-0.1, -0.05) is 30.3 Å². The summed E-state index contributed by atoms with van der Waals surface area (Å²) in [6.07, 6.45) is -4.84. The standard InChI is InChI=1S/C21H14F3NO3S/c22-21(23,24)28-19-7-9-20(10-8-19)29(26,27)25-18-6-5-16-11-14-3-1-2-4-15(14)12-17(16)13-18/h1-13,25H. The largest absolute Gasteiger partial charge is 0.573 e. The molecule has 8 heteroatoms. The lowest BCUT2D eigenvalue weighted by Gasteiger charge is -2.11. The fourth-order valence-electron chi connectivity index (χ4n) is 3.04. The predicted molar refractivity (Wildman–Crippen MR) is 105 cm³/mol. The fraction of sp³-hybridized carbons (Fsp3) is 0.0476. The molecular formula is C21H14F3NO3S. The third kappa shape index (κ3) is 4.27. The number of benzene rings is 4. The van der Waals surface area contributed by atoms with Crippen molar-refractivity contribution in [2.45, 2.75) is 11.3 Å². The van der Waals surface area contributed by atoms with Crippen molar-refractivity contribution in [3.8, 4) is 5.75 Å². The average molecular weight is 417 g/mol. The summed E-state index contributed by atoms with van der Waals surface area (Å²) in [5.74, 6) is -0.492. The molecule has 148 valence electrons. The molecule has 1 N–H and O–H groups in total. The van der Waals surface area contributed by atoms with Crippen molar-refractivity contribution >= 4 is 37.3 Å². The maximum atomic E-state index is 12.6. The van der Waals surface area contributed by atoms with Gasteiger partial charge in [0.15, 0.2) is 0 Å². The molecule has 0 aromatic heterocycles. The van der Waals surface area contributed by atoms with Crippen LogP contribution in [0.1, 0.15) is 0 Å². The molecule has 0 unspecified atom stereocenters. The van der Waals surface area contributed by atoms with E-state index in [1.54, 1.807) is 18.2 Å². The van der Waals surface area contributed by atoms with Crippen LogP contribution in [-0.2, 0) is 10.0 Å². The SMILES string of the molecule is O=S(=O)(Nc1ccc2cc3ccccc3cc2c1)c1ccc(OC(F)(F)F)cc1. The van der Waals surface area contributed by atoms with E-state index in [2.05, 4.69) is 9.46 Å². The van der Waals surface area contributed by atoms with Crippen molar-refractivity contribution in [2.75, 3.05) is 4.72 Å². The highest BCUT2D eigenvalue weighted by atomic mass is 32.2. The lowest BCUT2D eigenvalue weighted by molar-refractivity contribution is -0.274. The van der Waals surface area contributed by atoms with Crippen LogP contribution in [0.2, 0.25) is 0 Å². The molecule has 0 aliphatic heterocycles. The molecule has 0 aliphatic rings. The van der Waals surface area contributed by atoms with Gasteiger partial charge in [0.05, 0.1) is 4.90 Å². The van der Waals surface area contributed by atoms with Gasteiger partial charge in [0.1, 0.15) is 5.75 Å². The Labute approximate surface area is 164 Å². The van der Waals surface area contributed by atoms with Gasteiger partial charge in [0.2, 0.25) is 0 Å². The number of sulfonamides is 1. The minimum atomic E-state index is -4.84. The van der Waals surface area contributed by atoms with Crippen LogP contribution >= 0.6 is 0 Å². The molecule has 0 spiro atoms. The summed E-state index contributed by atoms with van der Waals surface area (Å²) < 4.78 is 68.1. The minimum Gasteiger partial charge on any atom is -0.406 e. The van der Waals surface area contributed by atoms with Crippen LogP contribution in [0, 0.1) is 0 Å². The number of nitrogens with one attached hydrogen (secondary N) is 1. The van der Waals surface area contributed by atoms with Crippen LogP contribution in [0.5, 0.6) is 5.75 Å². The van der Waals surface area contributed by atoms with Crippen LogP contribution in [0.3, 0.4) is 0 Å². The van der Waals surface area contributed by atoms with Gasteiger partial charge < -0.3 is 4.74 Å². The number of hydrogen-bond donors (Lipinski definition) is 1. The van der Waals surface area contributed by atoms with E-state index in [0.29, 0.717) is 5.69 Å². The Kier molecular flexibility index (Phi) is 4.58. The first kappa shape index (κ1) is 19.1. The Morgan fingerprint density at radius 2 is 1.31 bits per heavy atom. The first-order chi connectivity index (χ1) is 13.7. The van der Waals surface area contributed by atoms with Crippen LogP contribution in [-0.4, -0.2) is 14.8 Å². The lowest BCUT2D eigenvalue weighted by atomic mass is 10.0. The minimum absolute atomic E-state index is 0.175. The molecule has 0 fully saturated rings. The molecule has 4 rings (SSSR count). The monoisotopic (exact) mass is 417 g/mol. The second-order valence-electron chi connectivity index (χ2n) is 6.39. The number of anilines is 1. The second kappa shape index (κ2) is 6.97. The van der Waals surface area contributed by atoms with E-state index in [1.165, 1.54) is 0 Å². The van der Waals surface area contributed by atoms with E-state index in [1.807, 2.05) is 36.4 Å². The van der Waals surface area contributed by atoms with Crippen LogP contribution in [0.4, 0.5) is 18.9 Å². The normalized spacial score (nSPS) is 12.2. The molecule has 0 radical (unpaired) electrons. The number of ether oxygens (including phenoxy) is 1. The number of hydrogen-bond acceptors (Lipinski definition) is 3. The van der Waals surface area contributed by atoms with Crippen LogP contribution < -0.4 is 9.46 Å². The van der Waals surface area contributed by atoms with Crippen LogP contribution in [0.15, 0.2) is 83.8 Å². The summed E-state index contributed by atoms with van der Waals surface area (Å²) in [5, 5.41) is 3.92. The zero-order chi connectivity index (χ0) is 20.6. The van der Waals surface area contributed by atoms with E-state index in [9.17, 15) is 21.6 Å². The molecule has 4 aromatic carbocycles. The summed E-state index contributed by atoms with van der Waals surface area (Å²) in [4.78, 5) is -0.175. The number of alkyl halides is 3. The molecule has 0 bridgehead atoms. The highest BCUT2D eigenvalue weighted by Gasteiger charge is 2.31. The smallest absolute Gasteiger partial charge is 0.406 e. The van der Waals surface area contributed by atoms with E-state index in [4.69, 9.17) is 0 Å². The molecule has 4 aromatic rings. The lowest BCUT2D eigenvalue weighted by Crippen LogP contribution is -2.17. The molecule has 4 nitrogen and oxygen atoms in total. The molecule has 0 heterocycles. The fourth-order valence-corrected chi connectivity index (χ4v) is 4.09. The number of rotatable bonds is 4. The Bertz CT molecular complexity index is 1300. The zero-order valence-electron chi connectivity index (χ0n) is 14.8. The molecule has 0 aliphatic carbocycles. The quantitative estimate of drug-likeness (QED) is 0.434. The average Bonchev–Trinajstić information content (AvgIpc) is 2.65. The highest BCUT2D eigenvalue weighted by Crippen LogP contribution is 2.28. The molecule has 0 atom stereocenters. The van der Waals surface area contributed by atoms with Crippen LogP contribution in [0.25, 0.3) is 21.5 Å². The Morgan fingerprint density at radius 3 is 1.93 bits per heavy atom. The first-order valence-electron chi connectivity index (χ1n) is 8.51. The van der Waals surface area contributed by atoms with Gasteiger partial charge in [0.25, 0.3) is 10.0 Å². The number of fused-ring (bicyclic) bond motifs is 2. The van der Waals surface area contributed by atoms with Crippen molar-refractivity contribution in [2.24, 2.45) is 0 Å². The van der Waals surface area contributed by atoms with Gasteiger partial charge in [-0.2, -0.15) is 0 Å². The molecule has 29 heavy (non-hydrogen) atoms. The third-order valence-corrected chi connectivity index (χ3v) is 5.72. The maximum absolute atomic E-state index is 12.6. The first-order valence-corrected chi connectivity index (χ1v) is 9.99. The maximum Gasteiger partial charge on any atom is 0.573 e. The van der Waals surface area contributed by atoms with E-state index >= 15 is 0 Å². The van der Waals surface area contributed by atoms with Gasteiger partial charge in [-0.15, -0.1) is 13.2 Å². The van der Waals surface area contributed by atoms with Crippen molar-refractivity contribution in [3.63, 3.8) is 0 Å². The Hall–Kier alpha value is -3.26. The summed E-state index contributed by atoms with van der Waals surface area (Å²) in [5.41, 5.74) is 0.350. The van der Waals surface area contributed by atoms with Gasteiger partial charge in [0, 0.05) is 5.69 Å². The van der Waals surface area contributed by atoms with Gasteiger partial charge in [-0.25, -0.2) is 8.42 Å². The third-order valence-electron chi connectivity index (χ3n) is 4.32. The van der Waals surface area contributed by atoms with Gasteiger partial charge >= 0.3 is 6.36 Å². The summed E-state index contributed by atoms with van der Waals surface area (Å²) >= 11 is 0. The predicted octanol–water partition coefficient (Wildman–Crippen LogP) is 5.69.